The van der Waals surface area contributed by atoms with Crippen molar-refractivity contribution in [2.75, 3.05) is 13.2 Å². The Morgan fingerprint density at radius 2 is 0.925 bits per heavy atom. The van der Waals surface area contributed by atoms with Crippen molar-refractivity contribution in [1.82, 2.24) is 0 Å². The van der Waals surface area contributed by atoms with E-state index < -0.39 is 67.3 Å². The van der Waals surface area contributed by atoms with E-state index >= 15 is 0 Å². The minimum atomic E-state index is -1.93. The van der Waals surface area contributed by atoms with Crippen LogP contribution < -0.4 is 0 Å². The van der Waals surface area contributed by atoms with Gasteiger partial charge in [0.25, 0.3) is 0 Å². The Bertz CT molecular complexity index is 1400. The number of rotatable bonds is 43. The second-order valence-electron chi connectivity index (χ2n) is 17.8. The maximum Gasteiger partial charge on any atom is 0.335 e. The van der Waals surface area contributed by atoms with Crippen LogP contribution in [-0.2, 0) is 42.9 Å². The van der Waals surface area contributed by atoms with Crippen LogP contribution in [0.2, 0.25) is 0 Å². The summed E-state index contributed by atoms with van der Waals surface area (Å²) in [5.74, 6) is -3.28. The minimum Gasteiger partial charge on any atom is -0.479 e. The van der Waals surface area contributed by atoms with Crippen LogP contribution in [0.3, 0.4) is 0 Å². The molecule has 1 aliphatic rings. The van der Waals surface area contributed by atoms with Gasteiger partial charge in [-0.25, -0.2) is 4.79 Å². The van der Waals surface area contributed by atoms with Gasteiger partial charge in [0, 0.05) is 12.8 Å². The summed E-state index contributed by atoms with van der Waals surface area (Å²) in [6.45, 7) is 5.79. The van der Waals surface area contributed by atoms with Gasteiger partial charge < -0.3 is 39.0 Å². The number of carbonyl (C=O) groups is 4. The van der Waals surface area contributed by atoms with Crippen molar-refractivity contribution < 1.29 is 58.2 Å². The molecule has 0 aliphatic carbocycles. The zero-order valence-electron chi connectivity index (χ0n) is 41.9. The number of ether oxygens (including phenoxy) is 5. The minimum absolute atomic E-state index is 0.155. The molecule has 0 aromatic rings. The predicted molar refractivity (Wildman–Crippen MR) is 266 cm³/mol. The molecule has 1 aliphatic heterocycles. The van der Waals surface area contributed by atoms with Crippen LogP contribution >= 0.6 is 0 Å². The van der Waals surface area contributed by atoms with Gasteiger partial charge in [-0.05, 0) is 44.9 Å². The standard InChI is InChI=1S/C55H92O12/c1-4-7-10-13-16-19-22-23-24-25-28-31-34-37-40-43-49(58)66-53-51(60)50(59)52(54(61)62)67-55(53)64-45-46(65-48(57)42-39-36-33-30-27-21-18-15-12-9-6-3)44-63-47(56)41-38-35-32-29-26-20-17-14-11-8-5-2/h7,10,16,19,23-24,28,31,37,40,46,50-53,55,59-60H,4-6,8-9,11-15,17-18,20-22,25-27,29-30,32-36,38-39,41-45H2,1-3H3,(H,61,62)/b10-7-,19-16-,24-23-,31-28-,40-37-. The monoisotopic (exact) mass is 945 g/mol. The Balaban J connectivity index is 2.78. The number of aliphatic hydroxyl groups excluding tert-OH is 2. The lowest BCUT2D eigenvalue weighted by molar-refractivity contribution is -0.301. The van der Waals surface area contributed by atoms with E-state index in [2.05, 4.69) is 57.2 Å². The van der Waals surface area contributed by atoms with Crippen LogP contribution in [0.5, 0.6) is 0 Å². The van der Waals surface area contributed by atoms with Crippen LogP contribution in [-0.4, -0.2) is 89.2 Å². The lowest BCUT2D eigenvalue weighted by atomic mass is 9.98. The normalized spacial score (nSPS) is 19.3. The number of esters is 3. The molecule has 1 heterocycles. The molecular formula is C55H92O12. The summed E-state index contributed by atoms with van der Waals surface area (Å²) in [5.41, 5.74) is 0. The molecule has 0 spiro atoms. The zero-order chi connectivity index (χ0) is 49.0. The molecule has 0 radical (unpaired) electrons. The maximum atomic E-state index is 13.0. The van der Waals surface area contributed by atoms with Crippen LogP contribution in [0, 0.1) is 0 Å². The highest BCUT2D eigenvalue weighted by molar-refractivity contribution is 5.74. The fourth-order valence-electron chi connectivity index (χ4n) is 7.62. The first kappa shape index (κ1) is 61.4. The van der Waals surface area contributed by atoms with E-state index in [1.165, 1.54) is 89.9 Å². The molecule has 1 rings (SSSR count). The molecule has 12 nitrogen and oxygen atoms in total. The molecule has 0 bridgehead atoms. The smallest absolute Gasteiger partial charge is 0.335 e. The van der Waals surface area contributed by atoms with E-state index in [9.17, 15) is 34.5 Å². The van der Waals surface area contributed by atoms with E-state index in [4.69, 9.17) is 23.7 Å². The van der Waals surface area contributed by atoms with Gasteiger partial charge in [0.2, 0.25) is 0 Å². The zero-order valence-corrected chi connectivity index (χ0v) is 41.9. The molecule has 3 N–H and O–H groups in total. The third-order valence-corrected chi connectivity index (χ3v) is 11.6. The number of aliphatic hydroxyl groups is 2. The summed E-state index contributed by atoms with van der Waals surface area (Å²) in [7, 11) is 0. The van der Waals surface area contributed by atoms with E-state index in [-0.39, 0.29) is 25.9 Å². The molecule has 6 atom stereocenters. The van der Waals surface area contributed by atoms with E-state index in [1.54, 1.807) is 12.2 Å². The third kappa shape index (κ3) is 34.4. The lowest BCUT2D eigenvalue weighted by Gasteiger charge is -2.40. The molecule has 6 unspecified atom stereocenters. The molecule has 1 fully saturated rings. The Labute approximate surface area is 405 Å². The van der Waals surface area contributed by atoms with Crippen molar-refractivity contribution >= 4 is 23.9 Å². The van der Waals surface area contributed by atoms with Crippen molar-refractivity contribution in [1.29, 1.82) is 0 Å². The van der Waals surface area contributed by atoms with Crippen molar-refractivity contribution in [2.24, 2.45) is 0 Å². The summed E-state index contributed by atoms with van der Waals surface area (Å²) in [6.07, 6.45) is 39.5. The Morgan fingerprint density at radius 1 is 0.507 bits per heavy atom. The fourth-order valence-corrected chi connectivity index (χ4v) is 7.62. The number of hydrogen-bond donors (Lipinski definition) is 3. The first-order chi connectivity index (χ1) is 32.6. The van der Waals surface area contributed by atoms with E-state index in [0.29, 0.717) is 19.3 Å². The van der Waals surface area contributed by atoms with Crippen LogP contribution in [0.25, 0.3) is 0 Å². The first-order valence-corrected chi connectivity index (χ1v) is 26.3. The van der Waals surface area contributed by atoms with Crippen molar-refractivity contribution in [3.63, 3.8) is 0 Å². The highest BCUT2D eigenvalue weighted by Crippen LogP contribution is 2.26. The summed E-state index contributed by atoms with van der Waals surface area (Å²) >= 11 is 0. The van der Waals surface area contributed by atoms with Gasteiger partial charge in [0.05, 0.1) is 13.0 Å². The quantitative estimate of drug-likeness (QED) is 0.0229. The van der Waals surface area contributed by atoms with Crippen molar-refractivity contribution in [3.8, 4) is 0 Å². The lowest BCUT2D eigenvalue weighted by Crippen LogP contribution is -2.61. The number of aliphatic carboxylic acids is 1. The van der Waals surface area contributed by atoms with Crippen LogP contribution in [0.15, 0.2) is 60.8 Å². The molecule has 0 aromatic carbocycles. The van der Waals surface area contributed by atoms with Gasteiger partial charge in [0.15, 0.2) is 24.6 Å². The Kier molecular flexibility index (Phi) is 40.1. The second-order valence-corrected chi connectivity index (χ2v) is 17.8. The van der Waals surface area contributed by atoms with Gasteiger partial charge in [-0.15, -0.1) is 0 Å². The molecule has 67 heavy (non-hydrogen) atoms. The predicted octanol–water partition coefficient (Wildman–Crippen LogP) is 12.4. The van der Waals surface area contributed by atoms with Crippen molar-refractivity contribution in [3.05, 3.63) is 60.8 Å². The fraction of sp³-hybridized carbons (Fsp3) is 0.745. The number of allylic oxidation sites excluding steroid dienone is 9. The molecule has 1 saturated heterocycles. The molecular weight excluding hydrogens is 853 g/mol. The van der Waals surface area contributed by atoms with Crippen LogP contribution in [0.4, 0.5) is 0 Å². The molecule has 0 amide bonds. The van der Waals surface area contributed by atoms with Gasteiger partial charge in [-0.1, -0.05) is 210 Å². The molecule has 384 valence electrons. The van der Waals surface area contributed by atoms with Gasteiger partial charge in [-0.3, -0.25) is 14.4 Å². The number of carbonyl (C=O) groups excluding carboxylic acids is 3. The second kappa shape index (κ2) is 43.7. The highest BCUT2D eigenvalue weighted by atomic mass is 16.7. The van der Waals surface area contributed by atoms with E-state index in [1.807, 2.05) is 12.2 Å². The number of carboxylic acids is 1. The van der Waals surface area contributed by atoms with Gasteiger partial charge >= 0.3 is 23.9 Å². The summed E-state index contributed by atoms with van der Waals surface area (Å²) in [4.78, 5) is 50.7. The molecule has 12 heteroatoms. The SMILES string of the molecule is CC/C=C\C/C=C\C/C=C\C/C=C\C/C=C\CC(=O)OC1C(OCC(COC(=O)CCCCCCCCCCCCC)OC(=O)CCCCCCCCCCCCC)OC(C(=O)O)C(O)C1O. The Hall–Kier alpha value is -3.58. The largest absolute Gasteiger partial charge is 0.479 e. The first-order valence-electron chi connectivity index (χ1n) is 26.3. The van der Waals surface area contributed by atoms with Crippen LogP contribution in [0.1, 0.15) is 213 Å². The highest BCUT2D eigenvalue weighted by Gasteiger charge is 2.50. The third-order valence-electron chi connectivity index (χ3n) is 11.6. The van der Waals surface area contributed by atoms with Crippen molar-refractivity contribution in [2.45, 2.75) is 250 Å². The summed E-state index contributed by atoms with van der Waals surface area (Å²) in [5, 5.41) is 31.3. The number of hydrogen-bond acceptors (Lipinski definition) is 11. The topological polar surface area (TPSA) is 175 Å². The summed E-state index contributed by atoms with van der Waals surface area (Å²) in [6, 6.07) is 0. The molecule has 0 aromatic heterocycles. The number of unbranched alkanes of at least 4 members (excludes halogenated alkanes) is 20. The maximum absolute atomic E-state index is 13.0. The van der Waals surface area contributed by atoms with E-state index in [0.717, 1.165) is 64.2 Å². The van der Waals surface area contributed by atoms with Gasteiger partial charge in [0.1, 0.15) is 18.8 Å². The average molecular weight is 945 g/mol. The van der Waals surface area contributed by atoms with Gasteiger partial charge in [-0.2, -0.15) is 0 Å². The number of carboxylic acid groups (broad SMARTS) is 1. The Morgan fingerprint density at radius 3 is 1.37 bits per heavy atom. The summed E-state index contributed by atoms with van der Waals surface area (Å²) < 4.78 is 28.1. The molecule has 0 saturated carbocycles. The average Bonchev–Trinajstić information content (AvgIpc) is 3.31.